The molecule has 0 bridgehead atoms. The molecule has 0 amide bonds. The Balaban J connectivity index is 1.50. The lowest BCUT2D eigenvalue weighted by Gasteiger charge is -2.39. The van der Waals surface area contributed by atoms with Crippen molar-refractivity contribution in [2.24, 2.45) is 0 Å². The van der Waals surface area contributed by atoms with Crippen molar-refractivity contribution >= 4 is 16.9 Å². The molecule has 1 aliphatic heterocycles. The molecule has 5 atom stereocenters. The van der Waals surface area contributed by atoms with Crippen LogP contribution in [0.15, 0.2) is 45.6 Å². The van der Waals surface area contributed by atoms with Gasteiger partial charge in [0.2, 0.25) is 17.5 Å². The number of esters is 1. The van der Waals surface area contributed by atoms with Crippen molar-refractivity contribution in [3.63, 3.8) is 0 Å². The molecule has 11 N–H and O–H groups in total. The molecule has 17 nitrogen and oxygen atoms in total. The zero-order chi connectivity index (χ0) is 32.9. The van der Waals surface area contributed by atoms with Crippen molar-refractivity contribution in [3.8, 4) is 63.1 Å². The topological polar surface area (TPSA) is 298 Å². The summed E-state index contributed by atoms with van der Waals surface area (Å²) in [6.07, 6.45) is -9.67. The van der Waals surface area contributed by atoms with Gasteiger partial charge in [0.15, 0.2) is 40.3 Å². The van der Waals surface area contributed by atoms with Crippen molar-refractivity contribution in [3.05, 3.63) is 52.2 Å². The lowest BCUT2D eigenvalue weighted by molar-refractivity contribution is -0.277. The largest absolute Gasteiger partial charge is 0.508 e. The molecule has 1 saturated heterocycles. The van der Waals surface area contributed by atoms with Crippen molar-refractivity contribution in [1.82, 2.24) is 0 Å². The molecular weight excluding hydrogens is 608 g/mol. The summed E-state index contributed by atoms with van der Waals surface area (Å²) in [6.45, 7) is -0.828. The number of rotatable bonds is 6. The fourth-order valence-corrected chi connectivity index (χ4v) is 4.53. The van der Waals surface area contributed by atoms with E-state index in [1.807, 2.05) is 0 Å². The Bertz CT molecular complexity index is 1820. The zero-order valence-corrected chi connectivity index (χ0v) is 22.4. The molecule has 0 radical (unpaired) electrons. The van der Waals surface area contributed by atoms with Crippen LogP contribution in [0.2, 0.25) is 0 Å². The molecule has 0 aliphatic carbocycles. The van der Waals surface area contributed by atoms with E-state index in [2.05, 4.69) is 0 Å². The van der Waals surface area contributed by atoms with E-state index >= 15 is 0 Å². The van der Waals surface area contributed by atoms with E-state index in [4.69, 9.17) is 18.6 Å². The highest BCUT2D eigenvalue weighted by Crippen LogP contribution is 2.43. The molecule has 238 valence electrons. The van der Waals surface area contributed by atoms with Gasteiger partial charge in [-0.05, 0) is 24.3 Å². The molecule has 0 spiro atoms. The van der Waals surface area contributed by atoms with Gasteiger partial charge >= 0.3 is 5.97 Å². The second-order valence-corrected chi connectivity index (χ2v) is 9.88. The maximum Gasteiger partial charge on any atom is 0.338 e. The van der Waals surface area contributed by atoms with Gasteiger partial charge in [-0.2, -0.15) is 0 Å². The fraction of sp³-hybridized carbons (Fsp3) is 0.214. The van der Waals surface area contributed by atoms with Crippen LogP contribution in [0.4, 0.5) is 0 Å². The smallest absolute Gasteiger partial charge is 0.338 e. The summed E-state index contributed by atoms with van der Waals surface area (Å²) in [7, 11) is 0. The Kier molecular flexibility index (Phi) is 7.86. The van der Waals surface area contributed by atoms with E-state index in [1.54, 1.807) is 0 Å². The standard InChI is InChI=1S/C28H24O17/c29-10-5-11(30)18-16(6-10)43-25(8-1-12(31)19(35)13(32)2-8)26(22(18)38)45-28-24(40)23(39)21(37)17(44-28)7-42-27(41)9-3-14(33)20(36)15(34)4-9/h1-6,17,21,23-24,28-37,39-40H,7H2/t17-,21-,23+,24-,28-/m1/s1. The molecule has 2 heterocycles. The third-order valence-corrected chi connectivity index (χ3v) is 6.84. The number of ether oxygens (including phenoxy) is 3. The molecule has 1 fully saturated rings. The number of carbonyl (C=O) groups excluding carboxylic acids is 1. The number of phenolic OH excluding ortho intramolecular Hbond substituents is 8. The first-order valence-corrected chi connectivity index (χ1v) is 12.7. The Morgan fingerprint density at radius 1 is 0.733 bits per heavy atom. The van der Waals surface area contributed by atoms with Gasteiger partial charge in [-0.1, -0.05) is 0 Å². The monoisotopic (exact) mass is 632 g/mol. The second-order valence-electron chi connectivity index (χ2n) is 9.88. The first-order chi connectivity index (χ1) is 21.2. The minimum atomic E-state index is -2.07. The molecule has 17 heteroatoms. The predicted molar refractivity (Wildman–Crippen MR) is 145 cm³/mol. The van der Waals surface area contributed by atoms with Crippen LogP contribution in [0.3, 0.4) is 0 Å². The fourth-order valence-electron chi connectivity index (χ4n) is 4.53. The summed E-state index contributed by atoms with van der Waals surface area (Å²) < 4.78 is 21.8. The first-order valence-electron chi connectivity index (χ1n) is 12.7. The number of phenols is 8. The third kappa shape index (κ3) is 5.58. The average molecular weight is 632 g/mol. The average Bonchev–Trinajstić information content (AvgIpc) is 2.98. The van der Waals surface area contributed by atoms with Crippen LogP contribution in [0, 0.1) is 0 Å². The highest BCUT2D eigenvalue weighted by atomic mass is 16.7. The van der Waals surface area contributed by atoms with Crippen LogP contribution >= 0.6 is 0 Å². The SMILES string of the molecule is O=C(OC[C@H]1O[C@H](Oc2c(-c3cc(O)c(O)c(O)c3)oc3cc(O)cc(O)c3c2=O)[C@H](O)[C@@H](O)[C@@H]1O)c1cc(O)c(O)c(O)c1. The van der Waals surface area contributed by atoms with Gasteiger partial charge in [0, 0.05) is 17.7 Å². The summed E-state index contributed by atoms with van der Waals surface area (Å²) in [5, 5.41) is 110. The quantitative estimate of drug-likeness (QED) is 0.0995. The van der Waals surface area contributed by atoms with Crippen LogP contribution in [0.5, 0.6) is 51.7 Å². The van der Waals surface area contributed by atoms with Gasteiger partial charge in [-0.25, -0.2) is 4.79 Å². The highest BCUT2D eigenvalue weighted by Gasteiger charge is 2.46. The van der Waals surface area contributed by atoms with E-state index in [0.29, 0.717) is 0 Å². The van der Waals surface area contributed by atoms with Crippen LogP contribution in [0.25, 0.3) is 22.3 Å². The van der Waals surface area contributed by atoms with E-state index in [9.17, 15) is 65.8 Å². The molecule has 5 rings (SSSR count). The Hall–Kier alpha value is -5.62. The van der Waals surface area contributed by atoms with Crippen molar-refractivity contribution < 1.29 is 79.6 Å². The minimum absolute atomic E-state index is 0.295. The summed E-state index contributed by atoms with van der Waals surface area (Å²) in [6, 6.07) is 5.02. The number of aromatic hydroxyl groups is 8. The lowest BCUT2D eigenvalue weighted by Crippen LogP contribution is -2.60. The number of aliphatic hydroxyl groups excluding tert-OH is 3. The van der Waals surface area contributed by atoms with E-state index in [0.717, 1.165) is 36.4 Å². The summed E-state index contributed by atoms with van der Waals surface area (Å²) >= 11 is 0. The first kappa shape index (κ1) is 30.8. The number of hydrogen-bond donors (Lipinski definition) is 11. The van der Waals surface area contributed by atoms with Crippen molar-refractivity contribution in [1.29, 1.82) is 0 Å². The van der Waals surface area contributed by atoms with Gasteiger partial charge in [-0.3, -0.25) is 4.79 Å². The summed E-state index contributed by atoms with van der Waals surface area (Å²) in [5.41, 5.74) is -2.26. The van der Waals surface area contributed by atoms with Crippen LogP contribution in [-0.4, -0.2) is 99.5 Å². The lowest BCUT2D eigenvalue weighted by atomic mass is 9.99. The molecule has 3 aromatic carbocycles. The van der Waals surface area contributed by atoms with Gasteiger partial charge in [-0.15, -0.1) is 0 Å². The maximum absolute atomic E-state index is 13.6. The van der Waals surface area contributed by atoms with Crippen LogP contribution in [0.1, 0.15) is 10.4 Å². The second kappa shape index (κ2) is 11.5. The van der Waals surface area contributed by atoms with E-state index < -0.39 is 123 Å². The number of carbonyl (C=O) groups is 1. The minimum Gasteiger partial charge on any atom is -0.508 e. The molecule has 1 aliphatic rings. The van der Waals surface area contributed by atoms with E-state index in [1.165, 1.54) is 0 Å². The molecule has 0 unspecified atom stereocenters. The molecule has 4 aromatic rings. The molecule has 1 aromatic heterocycles. The van der Waals surface area contributed by atoms with Crippen LogP contribution in [-0.2, 0) is 9.47 Å². The molecule has 0 saturated carbocycles. The number of hydrogen-bond acceptors (Lipinski definition) is 17. The maximum atomic E-state index is 13.6. The molecule has 45 heavy (non-hydrogen) atoms. The van der Waals surface area contributed by atoms with Crippen molar-refractivity contribution in [2.45, 2.75) is 30.7 Å². The zero-order valence-electron chi connectivity index (χ0n) is 22.4. The van der Waals surface area contributed by atoms with Gasteiger partial charge < -0.3 is 74.8 Å². The Morgan fingerprint density at radius 2 is 1.31 bits per heavy atom. The van der Waals surface area contributed by atoms with Gasteiger partial charge in [0.05, 0.1) is 5.56 Å². The number of fused-ring (bicyclic) bond motifs is 1. The highest BCUT2D eigenvalue weighted by molar-refractivity contribution is 5.91. The van der Waals surface area contributed by atoms with Crippen molar-refractivity contribution in [2.75, 3.05) is 6.61 Å². The summed E-state index contributed by atoms with van der Waals surface area (Å²) in [4.78, 5) is 26.0. The number of aliphatic hydroxyl groups is 3. The Labute approximate surface area is 249 Å². The Morgan fingerprint density at radius 3 is 1.91 bits per heavy atom. The van der Waals surface area contributed by atoms with Gasteiger partial charge in [0.25, 0.3) is 0 Å². The van der Waals surface area contributed by atoms with E-state index in [-0.39, 0.29) is 5.56 Å². The normalized spacial score (nSPS) is 21.4. The predicted octanol–water partition coefficient (Wildman–Crippen LogP) is 0.148. The van der Waals surface area contributed by atoms with Crippen LogP contribution < -0.4 is 10.2 Å². The summed E-state index contributed by atoms with van der Waals surface area (Å²) in [5.74, 6) is -9.11. The van der Waals surface area contributed by atoms with Gasteiger partial charge in [0.1, 0.15) is 53.5 Å². The third-order valence-electron chi connectivity index (χ3n) is 6.84. The molecular formula is C28H24O17. The number of benzene rings is 3.